The highest BCUT2D eigenvalue weighted by Crippen LogP contribution is 2.29. The van der Waals surface area contributed by atoms with Crippen molar-refractivity contribution in [3.63, 3.8) is 0 Å². The molecule has 0 radical (unpaired) electrons. The van der Waals surface area contributed by atoms with E-state index in [1.54, 1.807) is 0 Å². The average Bonchev–Trinajstić information content (AvgIpc) is 2.38. The van der Waals surface area contributed by atoms with Crippen LogP contribution in [0.15, 0.2) is 24.3 Å². The molecule has 0 heterocycles. The highest BCUT2D eigenvalue weighted by Gasteiger charge is 2.24. The van der Waals surface area contributed by atoms with Crippen molar-refractivity contribution < 1.29 is 9.53 Å². The van der Waals surface area contributed by atoms with Crippen LogP contribution in [-0.2, 0) is 4.79 Å². The van der Waals surface area contributed by atoms with Gasteiger partial charge in [0.15, 0.2) is 0 Å². The Hall–Kier alpha value is -1.31. The molecule has 1 saturated carbocycles. The van der Waals surface area contributed by atoms with Crippen molar-refractivity contribution in [2.24, 2.45) is 11.8 Å². The van der Waals surface area contributed by atoms with E-state index in [2.05, 4.69) is 6.92 Å². The fourth-order valence-corrected chi connectivity index (χ4v) is 2.91. The van der Waals surface area contributed by atoms with E-state index in [0.717, 1.165) is 18.6 Å². The van der Waals surface area contributed by atoms with Crippen molar-refractivity contribution in [1.29, 1.82) is 0 Å². The van der Waals surface area contributed by atoms with E-state index in [0.29, 0.717) is 24.7 Å². The first-order chi connectivity index (χ1) is 9.15. The number of aryl methyl sites for hydroxylation is 1. The molecule has 2 heteroatoms. The molecule has 0 aliphatic heterocycles. The normalized spacial score (nSPS) is 23.1. The highest BCUT2D eigenvalue weighted by atomic mass is 16.5. The third kappa shape index (κ3) is 4.38. The quantitative estimate of drug-likeness (QED) is 0.794. The smallest absolute Gasteiger partial charge is 0.139 e. The number of benzene rings is 1. The summed E-state index contributed by atoms with van der Waals surface area (Å²) in [5, 5.41) is 0. The molecule has 2 unspecified atom stereocenters. The van der Waals surface area contributed by atoms with Gasteiger partial charge in [-0.25, -0.2) is 0 Å². The predicted octanol–water partition coefficient (Wildman–Crippen LogP) is 4.16. The molecular weight excluding hydrogens is 236 g/mol. The standard InChI is InChI=1S/C17H24O2/c1-13-5-3-7-15(11-13)17(18)9-10-19-16-8-4-6-14(2)12-16/h4,6,8,12-13,15H,3,5,7,9-11H2,1-2H3. The number of rotatable bonds is 5. The Kier molecular flexibility index (Phi) is 5.00. The van der Waals surface area contributed by atoms with Crippen LogP contribution in [0.4, 0.5) is 0 Å². The summed E-state index contributed by atoms with van der Waals surface area (Å²) in [6.45, 7) is 4.80. The minimum Gasteiger partial charge on any atom is -0.493 e. The predicted molar refractivity (Wildman–Crippen MR) is 77.4 cm³/mol. The van der Waals surface area contributed by atoms with Crippen LogP contribution < -0.4 is 4.74 Å². The van der Waals surface area contributed by atoms with Gasteiger partial charge in [0.25, 0.3) is 0 Å². The second-order valence-corrected chi connectivity index (χ2v) is 5.85. The Morgan fingerprint density at radius 3 is 2.95 bits per heavy atom. The van der Waals surface area contributed by atoms with Gasteiger partial charge in [-0.3, -0.25) is 4.79 Å². The molecular formula is C17H24O2. The van der Waals surface area contributed by atoms with E-state index in [9.17, 15) is 4.79 Å². The van der Waals surface area contributed by atoms with E-state index in [1.807, 2.05) is 31.2 Å². The molecule has 0 spiro atoms. The topological polar surface area (TPSA) is 26.3 Å². The van der Waals surface area contributed by atoms with Crippen LogP contribution in [-0.4, -0.2) is 12.4 Å². The number of ether oxygens (including phenoxy) is 1. The van der Waals surface area contributed by atoms with Crippen LogP contribution in [0.1, 0.15) is 44.6 Å². The molecule has 1 aromatic rings. The zero-order valence-electron chi connectivity index (χ0n) is 12.0. The fourth-order valence-electron chi connectivity index (χ4n) is 2.91. The molecule has 1 aromatic carbocycles. The fraction of sp³-hybridized carbons (Fsp3) is 0.588. The van der Waals surface area contributed by atoms with Crippen LogP contribution in [0.25, 0.3) is 0 Å². The van der Waals surface area contributed by atoms with Gasteiger partial charge < -0.3 is 4.74 Å². The van der Waals surface area contributed by atoms with Gasteiger partial charge in [-0.2, -0.15) is 0 Å². The summed E-state index contributed by atoms with van der Waals surface area (Å²) in [7, 11) is 0. The lowest BCUT2D eigenvalue weighted by Gasteiger charge is -2.25. The first kappa shape index (κ1) is 14.1. The Morgan fingerprint density at radius 2 is 2.21 bits per heavy atom. The highest BCUT2D eigenvalue weighted by molar-refractivity contribution is 5.81. The molecule has 0 saturated heterocycles. The van der Waals surface area contributed by atoms with Crippen molar-refractivity contribution in [2.75, 3.05) is 6.61 Å². The number of carbonyl (C=O) groups excluding carboxylic acids is 1. The number of hydrogen-bond donors (Lipinski definition) is 0. The van der Waals surface area contributed by atoms with Crippen LogP contribution in [0, 0.1) is 18.8 Å². The van der Waals surface area contributed by atoms with E-state index in [4.69, 9.17) is 4.74 Å². The Balaban J connectivity index is 1.74. The molecule has 0 N–H and O–H groups in total. The lowest BCUT2D eigenvalue weighted by molar-refractivity contribution is -0.124. The lowest BCUT2D eigenvalue weighted by Crippen LogP contribution is -2.23. The summed E-state index contributed by atoms with van der Waals surface area (Å²) in [4.78, 5) is 12.1. The Bertz CT molecular complexity index is 425. The molecule has 1 fully saturated rings. The summed E-state index contributed by atoms with van der Waals surface area (Å²) >= 11 is 0. The van der Waals surface area contributed by atoms with Gasteiger partial charge in [-0.15, -0.1) is 0 Å². The van der Waals surface area contributed by atoms with Gasteiger partial charge in [-0.05, 0) is 43.4 Å². The van der Waals surface area contributed by atoms with Crippen LogP contribution in [0.5, 0.6) is 5.75 Å². The summed E-state index contributed by atoms with van der Waals surface area (Å²) in [5.74, 6) is 2.24. The average molecular weight is 260 g/mol. The number of Topliss-reactive ketones (excluding diaryl/α,β-unsaturated/α-hetero) is 1. The summed E-state index contributed by atoms with van der Waals surface area (Å²) in [6, 6.07) is 7.98. The molecule has 2 atom stereocenters. The molecule has 2 nitrogen and oxygen atoms in total. The van der Waals surface area contributed by atoms with E-state index < -0.39 is 0 Å². The zero-order valence-corrected chi connectivity index (χ0v) is 12.0. The molecule has 104 valence electrons. The van der Waals surface area contributed by atoms with Gasteiger partial charge in [-0.1, -0.05) is 31.9 Å². The molecule has 0 amide bonds. The molecule has 1 aliphatic rings. The van der Waals surface area contributed by atoms with Gasteiger partial charge in [0.2, 0.25) is 0 Å². The maximum Gasteiger partial charge on any atom is 0.139 e. The monoisotopic (exact) mass is 260 g/mol. The maximum atomic E-state index is 12.1. The Morgan fingerprint density at radius 1 is 1.37 bits per heavy atom. The van der Waals surface area contributed by atoms with Crippen molar-refractivity contribution in [3.05, 3.63) is 29.8 Å². The van der Waals surface area contributed by atoms with Crippen LogP contribution >= 0.6 is 0 Å². The molecule has 0 bridgehead atoms. The van der Waals surface area contributed by atoms with E-state index >= 15 is 0 Å². The van der Waals surface area contributed by atoms with Crippen LogP contribution in [0.2, 0.25) is 0 Å². The van der Waals surface area contributed by atoms with Crippen molar-refractivity contribution in [2.45, 2.75) is 46.0 Å². The minimum absolute atomic E-state index is 0.282. The van der Waals surface area contributed by atoms with Gasteiger partial charge in [0.1, 0.15) is 11.5 Å². The van der Waals surface area contributed by atoms with Crippen molar-refractivity contribution >= 4 is 5.78 Å². The largest absolute Gasteiger partial charge is 0.493 e. The third-order valence-electron chi connectivity index (χ3n) is 4.00. The van der Waals surface area contributed by atoms with Crippen LogP contribution in [0.3, 0.4) is 0 Å². The molecule has 2 rings (SSSR count). The molecule has 1 aliphatic carbocycles. The number of hydrogen-bond acceptors (Lipinski definition) is 2. The summed E-state index contributed by atoms with van der Waals surface area (Å²) in [6.07, 6.45) is 5.18. The zero-order chi connectivity index (χ0) is 13.7. The molecule has 19 heavy (non-hydrogen) atoms. The van der Waals surface area contributed by atoms with Crippen molar-refractivity contribution in [1.82, 2.24) is 0 Å². The Labute approximate surface area is 116 Å². The van der Waals surface area contributed by atoms with Gasteiger partial charge >= 0.3 is 0 Å². The SMILES string of the molecule is Cc1cccc(OCCC(=O)C2CCCC(C)C2)c1. The lowest BCUT2D eigenvalue weighted by atomic mass is 9.80. The minimum atomic E-state index is 0.282. The number of ketones is 1. The van der Waals surface area contributed by atoms with Crippen molar-refractivity contribution in [3.8, 4) is 5.75 Å². The van der Waals surface area contributed by atoms with Gasteiger partial charge in [0.05, 0.1) is 6.61 Å². The van der Waals surface area contributed by atoms with Gasteiger partial charge in [0, 0.05) is 12.3 Å². The third-order valence-corrected chi connectivity index (χ3v) is 4.00. The maximum absolute atomic E-state index is 12.1. The first-order valence-electron chi connectivity index (χ1n) is 7.37. The second kappa shape index (κ2) is 6.74. The molecule has 0 aromatic heterocycles. The summed E-state index contributed by atoms with van der Waals surface area (Å²) < 4.78 is 5.65. The summed E-state index contributed by atoms with van der Waals surface area (Å²) in [5.41, 5.74) is 1.19. The number of carbonyl (C=O) groups is 1. The van der Waals surface area contributed by atoms with E-state index in [-0.39, 0.29) is 5.92 Å². The second-order valence-electron chi connectivity index (χ2n) is 5.85. The first-order valence-corrected chi connectivity index (χ1v) is 7.37. The van der Waals surface area contributed by atoms with E-state index in [1.165, 1.54) is 18.4 Å².